The summed E-state index contributed by atoms with van der Waals surface area (Å²) in [6, 6.07) is -0.203. The number of hydrogen-bond donors (Lipinski definition) is 4. The quantitative estimate of drug-likeness (QED) is 0.468. The van der Waals surface area contributed by atoms with E-state index in [9.17, 15) is 9.59 Å². The topological polar surface area (TPSA) is 82.3 Å². The minimum atomic E-state index is -0.101. The van der Waals surface area contributed by atoms with Gasteiger partial charge in [0.25, 0.3) is 0 Å². The van der Waals surface area contributed by atoms with Gasteiger partial charge in [0.1, 0.15) is 0 Å². The van der Waals surface area contributed by atoms with Crippen molar-refractivity contribution in [1.29, 1.82) is 0 Å². The summed E-state index contributed by atoms with van der Waals surface area (Å²) in [6.07, 6.45) is 4.06. The Kier molecular flexibility index (Phi) is 11.0. The lowest BCUT2D eigenvalue weighted by atomic mass is 10.2. The molecule has 0 spiro atoms. The first kappa shape index (κ1) is 16.5. The summed E-state index contributed by atoms with van der Waals surface area (Å²) in [7, 11) is 0. The standard InChI is InChI=1S/C12H26N4O2/c1-3-13-11(17)15-9-7-5-6-8-10-16-12(18)14-4-2/h3-10H2,1-2H3,(H2,13,15,17)(H2,14,16,18). The van der Waals surface area contributed by atoms with Crippen LogP contribution in [0.3, 0.4) is 0 Å². The number of rotatable bonds is 9. The highest BCUT2D eigenvalue weighted by Crippen LogP contribution is 1.97. The van der Waals surface area contributed by atoms with Gasteiger partial charge in [-0.15, -0.1) is 0 Å². The van der Waals surface area contributed by atoms with Crippen molar-refractivity contribution < 1.29 is 9.59 Å². The Balaban J connectivity index is 3.16. The summed E-state index contributed by atoms with van der Waals surface area (Å²) in [6.45, 7) is 6.49. The second-order valence-corrected chi connectivity index (χ2v) is 3.99. The molecule has 6 heteroatoms. The van der Waals surface area contributed by atoms with Crippen molar-refractivity contribution in [3.8, 4) is 0 Å². The Hall–Kier alpha value is -1.46. The third-order valence-corrected chi connectivity index (χ3v) is 2.35. The molecule has 0 bridgehead atoms. The molecule has 6 nitrogen and oxygen atoms in total. The first-order valence-electron chi connectivity index (χ1n) is 6.74. The van der Waals surface area contributed by atoms with Crippen LogP contribution >= 0.6 is 0 Å². The molecule has 0 atom stereocenters. The number of nitrogens with one attached hydrogen (secondary N) is 4. The maximum Gasteiger partial charge on any atom is 0.314 e. The largest absolute Gasteiger partial charge is 0.338 e. The van der Waals surface area contributed by atoms with E-state index in [4.69, 9.17) is 0 Å². The van der Waals surface area contributed by atoms with E-state index in [1.54, 1.807) is 0 Å². The highest BCUT2D eigenvalue weighted by atomic mass is 16.2. The molecule has 0 aromatic carbocycles. The van der Waals surface area contributed by atoms with E-state index >= 15 is 0 Å². The summed E-state index contributed by atoms with van der Waals surface area (Å²) in [4.78, 5) is 22.1. The molecule has 0 radical (unpaired) electrons. The van der Waals surface area contributed by atoms with Crippen LogP contribution in [0.2, 0.25) is 0 Å². The lowest BCUT2D eigenvalue weighted by molar-refractivity contribution is 0.240. The molecule has 18 heavy (non-hydrogen) atoms. The molecular weight excluding hydrogens is 232 g/mol. The number of carbonyl (C=O) groups is 2. The maximum absolute atomic E-state index is 11.0. The van der Waals surface area contributed by atoms with Crippen LogP contribution in [-0.4, -0.2) is 38.2 Å². The average molecular weight is 258 g/mol. The Morgan fingerprint density at radius 1 is 0.667 bits per heavy atom. The second-order valence-electron chi connectivity index (χ2n) is 3.99. The third kappa shape index (κ3) is 11.0. The minimum Gasteiger partial charge on any atom is -0.338 e. The molecule has 0 aromatic rings. The predicted molar refractivity (Wildman–Crippen MR) is 72.6 cm³/mol. The first-order valence-corrected chi connectivity index (χ1v) is 6.74. The van der Waals surface area contributed by atoms with Crippen LogP contribution in [0.25, 0.3) is 0 Å². The highest BCUT2D eigenvalue weighted by Gasteiger charge is 1.97. The lowest BCUT2D eigenvalue weighted by Gasteiger charge is -2.06. The molecule has 0 aliphatic carbocycles. The number of unbranched alkanes of at least 4 members (excludes halogenated alkanes) is 3. The molecule has 4 N–H and O–H groups in total. The summed E-state index contributed by atoms with van der Waals surface area (Å²) in [5.41, 5.74) is 0. The Labute approximate surface area is 109 Å². The van der Waals surface area contributed by atoms with Gasteiger partial charge in [0.05, 0.1) is 0 Å². The molecular formula is C12H26N4O2. The highest BCUT2D eigenvalue weighted by molar-refractivity contribution is 5.73. The van der Waals surface area contributed by atoms with E-state index in [1.165, 1.54) is 0 Å². The van der Waals surface area contributed by atoms with Crippen LogP contribution in [-0.2, 0) is 0 Å². The summed E-state index contributed by atoms with van der Waals surface area (Å²) >= 11 is 0. The molecule has 0 heterocycles. The molecule has 0 aliphatic rings. The molecule has 0 saturated carbocycles. The van der Waals surface area contributed by atoms with Gasteiger partial charge in [-0.2, -0.15) is 0 Å². The van der Waals surface area contributed by atoms with Gasteiger partial charge < -0.3 is 21.3 Å². The fraction of sp³-hybridized carbons (Fsp3) is 0.833. The van der Waals surface area contributed by atoms with Crippen molar-refractivity contribution in [2.75, 3.05) is 26.2 Å². The van der Waals surface area contributed by atoms with Crippen LogP contribution in [0.5, 0.6) is 0 Å². The van der Waals surface area contributed by atoms with Gasteiger partial charge in [0.2, 0.25) is 0 Å². The van der Waals surface area contributed by atoms with E-state index in [0.717, 1.165) is 25.7 Å². The van der Waals surface area contributed by atoms with Gasteiger partial charge in [-0.1, -0.05) is 12.8 Å². The zero-order valence-electron chi connectivity index (χ0n) is 11.5. The molecule has 106 valence electrons. The summed E-state index contributed by atoms with van der Waals surface area (Å²) in [5, 5.41) is 10.9. The third-order valence-electron chi connectivity index (χ3n) is 2.35. The molecule has 0 rings (SSSR count). The molecule has 0 aromatic heterocycles. The van der Waals surface area contributed by atoms with Gasteiger partial charge in [-0.3, -0.25) is 0 Å². The second kappa shape index (κ2) is 12.0. The average Bonchev–Trinajstić information content (AvgIpc) is 2.33. The number of amides is 4. The van der Waals surface area contributed by atoms with E-state index in [1.807, 2.05) is 13.8 Å². The molecule has 0 fully saturated rings. The van der Waals surface area contributed by atoms with E-state index in [2.05, 4.69) is 21.3 Å². The molecule has 0 saturated heterocycles. The van der Waals surface area contributed by atoms with Crippen LogP contribution in [0.4, 0.5) is 9.59 Å². The smallest absolute Gasteiger partial charge is 0.314 e. The SMILES string of the molecule is CCNC(=O)NCCCCCCNC(=O)NCC. The number of carbonyl (C=O) groups excluding carboxylic acids is 2. The lowest BCUT2D eigenvalue weighted by Crippen LogP contribution is -2.36. The Morgan fingerprint density at radius 3 is 1.39 bits per heavy atom. The van der Waals surface area contributed by atoms with Crippen LogP contribution in [0, 0.1) is 0 Å². The fourth-order valence-electron chi connectivity index (χ4n) is 1.45. The predicted octanol–water partition coefficient (Wildman–Crippen LogP) is 1.19. The van der Waals surface area contributed by atoms with Crippen molar-refractivity contribution in [2.24, 2.45) is 0 Å². The monoisotopic (exact) mass is 258 g/mol. The number of hydrogen-bond acceptors (Lipinski definition) is 2. The molecule has 0 aliphatic heterocycles. The van der Waals surface area contributed by atoms with Crippen molar-refractivity contribution in [1.82, 2.24) is 21.3 Å². The minimum absolute atomic E-state index is 0.101. The van der Waals surface area contributed by atoms with E-state index in [0.29, 0.717) is 26.2 Å². The van der Waals surface area contributed by atoms with E-state index in [-0.39, 0.29) is 12.1 Å². The van der Waals surface area contributed by atoms with Gasteiger partial charge in [-0.25, -0.2) is 9.59 Å². The van der Waals surface area contributed by atoms with Crippen molar-refractivity contribution in [2.45, 2.75) is 39.5 Å². The summed E-state index contributed by atoms with van der Waals surface area (Å²) < 4.78 is 0. The Bertz CT molecular complexity index is 210. The fourth-order valence-corrected chi connectivity index (χ4v) is 1.45. The van der Waals surface area contributed by atoms with Crippen molar-refractivity contribution in [3.63, 3.8) is 0 Å². The Morgan fingerprint density at radius 2 is 1.06 bits per heavy atom. The van der Waals surface area contributed by atoms with Gasteiger partial charge in [0, 0.05) is 26.2 Å². The summed E-state index contributed by atoms with van der Waals surface area (Å²) in [5.74, 6) is 0. The molecule has 0 unspecified atom stereocenters. The van der Waals surface area contributed by atoms with E-state index < -0.39 is 0 Å². The zero-order valence-corrected chi connectivity index (χ0v) is 11.5. The van der Waals surface area contributed by atoms with Crippen molar-refractivity contribution in [3.05, 3.63) is 0 Å². The van der Waals surface area contributed by atoms with Gasteiger partial charge in [-0.05, 0) is 26.7 Å². The number of urea groups is 2. The van der Waals surface area contributed by atoms with Gasteiger partial charge in [0.15, 0.2) is 0 Å². The van der Waals surface area contributed by atoms with Crippen LogP contribution in [0.1, 0.15) is 39.5 Å². The first-order chi connectivity index (χ1) is 8.70. The zero-order chi connectivity index (χ0) is 13.6. The van der Waals surface area contributed by atoms with Crippen LogP contribution < -0.4 is 21.3 Å². The van der Waals surface area contributed by atoms with Crippen molar-refractivity contribution >= 4 is 12.1 Å². The normalized spacial score (nSPS) is 9.67. The van der Waals surface area contributed by atoms with Gasteiger partial charge >= 0.3 is 12.1 Å². The van der Waals surface area contributed by atoms with Crippen LogP contribution in [0.15, 0.2) is 0 Å². The maximum atomic E-state index is 11.0. The molecule has 4 amide bonds.